The molecule has 1 fully saturated rings. The average molecular weight is 347 g/mol. The highest BCUT2D eigenvalue weighted by molar-refractivity contribution is 5.97. The van der Waals surface area contributed by atoms with Gasteiger partial charge in [0.15, 0.2) is 5.79 Å². The molecule has 2 aromatic carbocycles. The van der Waals surface area contributed by atoms with Crippen molar-refractivity contribution in [2.45, 2.75) is 25.3 Å². The summed E-state index contributed by atoms with van der Waals surface area (Å²) in [6.07, 6.45) is 0. The van der Waals surface area contributed by atoms with Crippen LogP contribution < -0.4 is 5.32 Å². The van der Waals surface area contributed by atoms with Crippen LogP contribution in [0.4, 0.5) is 14.5 Å². The van der Waals surface area contributed by atoms with E-state index in [1.807, 2.05) is 0 Å². The molecular formula is C19H19F2NO3. The van der Waals surface area contributed by atoms with E-state index < -0.39 is 23.2 Å². The fourth-order valence-electron chi connectivity index (χ4n) is 2.77. The first-order chi connectivity index (χ1) is 11.8. The van der Waals surface area contributed by atoms with Crippen LogP contribution in [0, 0.1) is 5.82 Å². The number of carbonyl (C=O) groups excluding carboxylic acids is 1. The highest BCUT2D eigenvalue weighted by Crippen LogP contribution is 2.33. The van der Waals surface area contributed by atoms with Crippen LogP contribution in [0.15, 0.2) is 48.5 Å². The number of halogens is 2. The zero-order valence-corrected chi connectivity index (χ0v) is 14.0. The van der Waals surface area contributed by atoms with Crippen LogP contribution >= 0.6 is 0 Å². The smallest absolute Gasteiger partial charge is 0.266 e. The molecule has 1 aliphatic rings. The zero-order valence-electron chi connectivity index (χ0n) is 14.0. The summed E-state index contributed by atoms with van der Waals surface area (Å²) in [5, 5.41) is 2.50. The molecule has 0 bridgehead atoms. The van der Waals surface area contributed by atoms with Gasteiger partial charge in [0, 0.05) is 16.8 Å². The van der Waals surface area contributed by atoms with E-state index in [1.54, 1.807) is 31.2 Å². The number of benzene rings is 2. The Morgan fingerprint density at radius 2 is 1.84 bits per heavy atom. The van der Waals surface area contributed by atoms with Gasteiger partial charge >= 0.3 is 0 Å². The molecular weight excluding hydrogens is 328 g/mol. The van der Waals surface area contributed by atoms with Crippen molar-refractivity contribution in [3.63, 3.8) is 0 Å². The van der Waals surface area contributed by atoms with Gasteiger partial charge < -0.3 is 14.8 Å². The molecule has 3 rings (SSSR count). The van der Waals surface area contributed by atoms with Crippen molar-refractivity contribution in [3.05, 3.63) is 65.5 Å². The lowest BCUT2D eigenvalue weighted by Gasteiger charge is -2.24. The molecule has 4 nitrogen and oxygen atoms in total. The van der Waals surface area contributed by atoms with Gasteiger partial charge in [0.05, 0.1) is 13.2 Å². The van der Waals surface area contributed by atoms with Crippen LogP contribution in [0.2, 0.25) is 0 Å². The minimum Gasteiger partial charge on any atom is -0.344 e. The molecule has 6 heteroatoms. The number of carbonyl (C=O) groups is 1. The monoisotopic (exact) mass is 347 g/mol. The Morgan fingerprint density at radius 1 is 1.16 bits per heavy atom. The van der Waals surface area contributed by atoms with Gasteiger partial charge in [0.2, 0.25) is 5.67 Å². The third kappa shape index (κ3) is 3.41. The number of hydrogen-bond acceptors (Lipinski definition) is 3. The molecule has 1 N–H and O–H groups in total. The number of rotatable bonds is 4. The summed E-state index contributed by atoms with van der Waals surface area (Å²) in [6.45, 7) is 3.76. The summed E-state index contributed by atoms with van der Waals surface area (Å²) >= 11 is 0. The minimum absolute atomic E-state index is 0.307. The van der Waals surface area contributed by atoms with Crippen molar-refractivity contribution in [2.24, 2.45) is 0 Å². The molecule has 1 atom stereocenters. The van der Waals surface area contributed by atoms with Crippen LogP contribution in [0.3, 0.4) is 0 Å². The summed E-state index contributed by atoms with van der Waals surface area (Å²) in [5.41, 5.74) is -1.73. The van der Waals surface area contributed by atoms with Crippen LogP contribution in [0.1, 0.15) is 25.0 Å². The van der Waals surface area contributed by atoms with Crippen molar-refractivity contribution >= 4 is 11.6 Å². The van der Waals surface area contributed by atoms with Gasteiger partial charge in [-0.25, -0.2) is 8.78 Å². The summed E-state index contributed by atoms with van der Waals surface area (Å²) < 4.78 is 39.9. The van der Waals surface area contributed by atoms with E-state index in [4.69, 9.17) is 9.47 Å². The Kier molecular flexibility index (Phi) is 4.58. The second-order valence-electron chi connectivity index (χ2n) is 6.16. The number of anilines is 1. The Balaban J connectivity index is 1.82. The van der Waals surface area contributed by atoms with E-state index in [0.717, 1.165) is 13.0 Å². The lowest BCUT2D eigenvalue weighted by Crippen LogP contribution is -2.34. The molecule has 0 aromatic heterocycles. The first-order valence-electron chi connectivity index (χ1n) is 7.97. The fraction of sp³-hybridized carbons (Fsp3) is 0.316. The third-order valence-electron chi connectivity index (χ3n) is 4.29. The van der Waals surface area contributed by atoms with Crippen molar-refractivity contribution in [1.82, 2.24) is 0 Å². The molecule has 1 amide bonds. The van der Waals surface area contributed by atoms with Gasteiger partial charge in [0.25, 0.3) is 5.91 Å². The van der Waals surface area contributed by atoms with Gasteiger partial charge in [-0.15, -0.1) is 0 Å². The highest BCUT2D eigenvalue weighted by atomic mass is 19.1. The molecule has 132 valence electrons. The molecule has 0 saturated carbocycles. The molecule has 1 aliphatic heterocycles. The number of amides is 1. The maximum atomic E-state index is 14.9. The third-order valence-corrected chi connectivity index (χ3v) is 4.29. The van der Waals surface area contributed by atoms with E-state index in [1.165, 1.54) is 18.2 Å². The first-order valence-corrected chi connectivity index (χ1v) is 7.97. The minimum atomic E-state index is -2.51. The predicted octanol–water partition coefficient (Wildman–Crippen LogP) is 3.87. The summed E-state index contributed by atoms with van der Waals surface area (Å²) in [5.74, 6) is -2.62. The molecule has 0 spiro atoms. The molecule has 0 aliphatic carbocycles. The first kappa shape index (κ1) is 17.5. The standard InChI is InChI=1S/C19H19F2NO3/c1-18(21,15-8-3-4-9-16(15)20)17(23)22-14-7-5-6-13(12-14)19(2)24-10-11-25-19/h3-9,12H,10-11H2,1-2H3,(H,22,23). The Labute approximate surface area is 144 Å². The van der Waals surface area contributed by atoms with Gasteiger partial charge in [-0.05, 0) is 32.0 Å². The van der Waals surface area contributed by atoms with Gasteiger partial charge in [-0.2, -0.15) is 0 Å². The van der Waals surface area contributed by atoms with E-state index in [2.05, 4.69) is 5.32 Å². The van der Waals surface area contributed by atoms with Crippen LogP contribution in [-0.2, 0) is 25.7 Å². The normalized spacial score (nSPS) is 18.6. The van der Waals surface area contributed by atoms with Crippen LogP contribution in [0.5, 0.6) is 0 Å². The number of nitrogens with one attached hydrogen (secondary N) is 1. The summed E-state index contributed by atoms with van der Waals surface area (Å²) in [4.78, 5) is 12.4. The quantitative estimate of drug-likeness (QED) is 0.913. The second kappa shape index (κ2) is 6.54. The van der Waals surface area contributed by atoms with Crippen LogP contribution in [0.25, 0.3) is 0 Å². The van der Waals surface area contributed by atoms with E-state index >= 15 is 0 Å². The lowest BCUT2D eigenvalue weighted by molar-refractivity contribution is -0.149. The zero-order chi connectivity index (χ0) is 18.1. The van der Waals surface area contributed by atoms with Crippen molar-refractivity contribution in [1.29, 1.82) is 0 Å². The SMILES string of the molecule is CC1(c2cccc(NC(=O)C(C)(F)c3ccccc3F)c2)OCCO1. The van der Waals surface area contributed by atoms with E-state index in [-0.39, 0.29) is 5.56 Å². The van der Waals surface area contributed by atoms with E-state index in [0.29, 0.717) is 24.5 Å². The number of alkyl halides is 1. The molecule has 0 radical (unpaired) electrons. The van der Waals surface area contributed by atoms with Crippen molar-refractivity contribution in [3.8, 4) is 0 Å². The summed E-state index contributed by atoms with van der Waals surface area (Å²) in [6, 6.07) is 12.1. The molecule has 1 unspecified atom stereocenters. The molecule has 2 aromatic rings. The molecule has 1 heterocycles. The largest absolute Gasteiger partial charge is 0.344 e. The highest BCUT2D eigenvalue weighted by Gasteiger charge is 2.38. The maximum absolute atomic E-state index is 14.9. The van der Waals surface area contributed by atoms with Crippen LogP contribution in [-0.4, -0.2) is 19.1 Å². The average Bonchev–Trinajstić information content (AvgIpc) is 3.03. The molecule has 25 heavy (non-hydrogen) atoms. The lowest BCUT2D eigenvalue weighted by atomic mass is 9.96. The van der Waals surface area contributed by atoms with Gasteiger partial charge in [0.1, 0.15) is 5.82 Å². The van der Waals surface area contributed by atoms with Crippen molar-refractivity contribution < 1.29 is 23.0 Å². The maximum Gasteiger partial charge on any atom is 0.266 e. The fourth-order valence-corrected chi connectivity index (χ4v) is 2.77. The second-order valence-corrected chi connectivity index (χ2v) is 6.16. The van der Waals surface area contributed by atoms with Gasteiger partial charge in [-0.3, -0.25) is 4.79 Å². The Morgan fingerprint density at radius 3 is 2.52 bits per heavy atom. The number of ether oxygens (including phenoxy) is 2. The predicted molar refractivity (Wildman–Crippen MR) is 89.2 cm³/mol. The van der Waals surface area contributed by atoms with E-state index in [9.17, 15) is 13.6 Å². The van der Waals surface area contributed by atoms with Gasteiger partial charge in [-0.1, -0.05) is 30.3 Å². The Bertz CT molecular complexity index is 786. The molecule has 1 saturated heterocycles. The number of hydrogen-bond donors (Lipinski definition) is 1. The summed E-state index contributed by atoms with van der Waals surface area (Å²) in [7, 11) is 0. The van der Waals surface area contributed by atoms with Crippen molar-refractivity contribution in [2.75, 3.05) is 18.5 Å². The Hall–Kier alpha value is -2.31. The topological polar surface area (TPSA) is 47.6 Å².